The second-order valence-electron chi connectivity index (χ2n) is 16.9. The van der Waals surface area contributed by atoms with E-state index < -0.39 is 62.5 Å². The Hall–Kier alpha value is -8.28. The maximum Gasteiger partial charge on any atom is 0.471 e. The minimum Gasteiger partial charge on any atom is -0.450 e. The number of benzene rings is 4. The molecule has 4 heterocycles. The molecule has 0 saturated carbocycles. The van der Waals surface area contributed by atoms with Crippen molar-refractivity contribution < 1.29 is 46.2 Å². The van der Waals surface area contributed by atoms with E-state index in [2.05, 4.69) is 24.7 Å². The van der Waals surface area contributed by atoms with Gasteiger partial charge in [0.2, 0.25) is 11.5 Å². The molecule has 0 radical (unpaired) electrons. The molecule has 4 aromatic heterocycles. The predicted molar refractivity (Wildman–Crippen MR) is 279 cm³/mol. The van der Waals surface area contributed by atoms with Gasteiger partial charge in [-0.15, -0.1) is 0 Å². The Morgan fingerprint density at radius 2 is 0.974 bits per heavy atom. The average molecular weight is 1140 g/mol. The number of phosphoric acid groups is 1. The van der Waals surface area contributed by atoms with Gasteiger partial charge in [-0.05, 0) is 97.8 Å². The van der Waals surface area contributed by atoms with Gasteiger partial charge in [0.1, 0.15) is 29.9 Å². The summed E-state index contributed by atoms with van der Waals surface area (Å²) < 4.78 is 75.5. The molecule has 8 aromatic rings. The van der Waals surface area contributed by atoms with E-state index in [9.17, 15) is 42.4 Å². The lowest BCUT2D eigenvalue weighted by atomic mass is 10.1. The van der Waals surface area contributed by atoms with Gasteiger partial charge in [0.25, 0.3) is 22.2 Å². The Balaban J connectivity index is 0.000000226. The lowest BCUT2D eigenvalue weighted by Crippen LogP contribution is -2.29. The van der Waals surface area contributed by atoms with E-state index in [-0.39, 0.29) is 85.5 Å². The molecule has 0 atom stereocenters. The summed E-state index contributed by atoms with van der Waals surface area (Å²) in [5.74, 6) is -0.924. The number of nitrogens with zero attached hydrogens (tertiary/aromatic N) is 10. The molecule has 78 heavy (non-hydrogen) atoms. The molecule has 0 saturated heterocycles. The average Bonchev–Trinajstić information content (AvgIpc) is 3.47. The zero-order chi connectivity index (χ0) is 56.6. The van der Waals surface area contributed by atoms with E-state index in [1.54, 1.807) is 13.8 Å². The van der Waals surface area contributed by atoms with Crippen molar-refractivity contribution in [3.05, 3.63) is 207 Å². The van der Waals surface area contributed by atoms with Crippen LogP contribution in [-0.4, -0.2) is 61.8 Å². The van der Waals surface area contributed by atoms with Crippen molar-refractivity contribution in [2.45, 2.75) is 40.4 Å². The summed E-state index contributed by atoms with van der Waals surface area (Å²) in [6.07, 6.45) is 2.53. The monoisotopic (exact) mass is 1140 g/mol. The zero-order valence-corrected chi connectivity index (χ0v) is 44.4. The summed E-state index contributed by atoms with van der Waals surface area (Å²) >= 11 is 12.1. The molecule has 0 aliphatic rings. The molecule has 0 aliphatic carbocycles. The fourth-order valence-electron chi connectivity index (χ4n) is 7.04. The molecule has 0 fully saturated rings. The number of halogens is 4. The number of rotatable bonds is 16. The zero-order valence-electron chi connectivity index (χ0n) is 41.1. The smallest absolute Gasteiger partial charge is 0.450 e. The van der Waals surface area contributed by atoms with Gasteiger partial charge in [0.15, 0.2) is 14.1 Å². The summed E-state index contributed by atoms with van der Waals surface area (Å²) in [4.78, 5) is 79.2. The first-order chi connectivity index (χ1) is 36.9. The van der Waals surface area contributed by atoms with Crippen LogP contribution in [0.3, 0.4) is 0 Å². The van der Waals surface area contributed by atoms with Crippen molar-refractivity contribution in [2.75, 3.05) is 13.3 Å². The van der Waals surface area contributed by atoms with Crippen LogP contribution in [0, 0.1) is 48.1 Å². The second kappa shape index (κ2) is 24.4. The summed E-state index contributed by atoms with van der Waals surface area (Å²) in [7, 11) is -7.90. The molecule has 0 amide bonds. The van der Waals surface area contributed by atoms with Crippen LogP contribution >= 0.6 is 38.4 Å². The van der Waals surface area contributed by atoms with Gasteiger partial charge in [-0.25, -0.2) is 32.7 Å². The minimum absolute atomic E-state index is 0.0156. The van der Waals surface area contributed by atoms with Crippen molar-refractivity contribution in [1.82, 2.24) is 38.7 Å². The van der Waals surface area contributed by atoms with Gasteiger partial charge in [-0.2, -0.15) is 20.7 Å². The molecular weight excluding hydrogens is 1100 g/mol. The van der Waals surface area contributed by atoms with Crippen LogP contribution in [0.2, 0.25) is 10.0 Å². The quantitative estimate of drug-likeness (QED) is 0.0862. The van der Waals surface area contributed by atoms with Crippen molar-refractivity contribution in [1.29, 1.82) is 10.5 Å². The number of aromatic nitrogens is 8. The normalized spacial score (nSPS) is 11.3. The lowest BCUT2D eigenvalue weighted by molar-refractivity contribution is 0.141. The third-order valence-electron chi connectivity index (χ3n) is 10.7. The maximum absolute atomic E-state index is 13.5. The SMILES string of the molecule is Cc1ncn(Cc2cc(-c3ccc(F)cc3)c(=O)n(COP(=O)(O)O)n2)c(=O)c1Oc1cc(Cl)cc(C#N)c1.Cc1ncn(Cc2cc(-c3ccc(F)cc3)c(=O)n(COP(C)(C)=O)n2)c(=O)c1Oc1cc(Cl)cc(C#N)c1. The molecule has 0 bridgehead atoms. The fourth-order valence-corrected chi connectivity index (χ4v) is 8.14. The molecule has 28 heteroatoms. The first-order valence-corrected chi connectivity index (χ1v) is 27.2. The summed E-state index contributed by atoms with van der Waals surface area (Å²) in [6, 6.07) is 25.6. The third-order valence-corrected chi connectivity index (χ3v) is 12.3. The van der Waals surface area contributed by atoms with Gasteiger partial charge >= 0.3 is 7.82 Å². The molecule has 0 spiro atoms. The highest BCUT2D eigenvalue weighted by molar-refractivity contribution is 7.57. The van der Waals surface area contributed by atoms with Crippen LogP contribution in [0.25, 0.3) is 22.3 Å². The molecule has 8 rings (SSSR count). The summed E-state index contributed by atoms with van der Waals surface area (Å²) in [6.45, 7) is 4.29. The number of hydrogen-bond acceptors (Lipinski definition) is 16. The maximum atomic E-state index is 13.5. The number of aryl methyl sites for hydroxylation is 2. The number of nitriles is 2. The highest BCUT2D eigenvalue weighted by atomic mass is 35.5. The Bertz CT molecular complexity index is 3780. The van der Waals surface area contributed by atoms with Gasteiger partial charge in [0, 0.05) is 23.4 Å². The Morgan fingerprint density at radius 1 is 0.590 bits per heavy atom. The lowest BCUT2D eigenvalue weighted by Gasteiger charge is -2.14. The number of ether oxygens (including phenoxy) is 2. The molecule has 2 N–H and O–H groups in total. The topological polar surface area (TPSA) is 299 Å². The molecule has 22 nitrogen and oxygen atoms in total. The van der Waals surface area contributed by atoms with Crippen molar-refractivity contribution >= 4 is 38.4 Å². The Labute approximate surface area is 449 Å². The van der Waals surface area contributed by atoms with Crippen LogP contribution < -0.4 is 31.7 Å². The van der Waals surface area contributed by atoms with Gasteiger partial charge in [-0.1, -0.05) is 47.5 Å². The van der Waals surface area contributed by atoms with E-state index in [0.29, 0.717) is 21.5 Å². The third kappa shape index (κ3) is 15.0. The van der Waals surface area contributed by atoms with Crippen molar-refractivity contribution in [3.63, 3.8) is 0 Å². The second-order valence-corrected chi connectivity index (χ2v) is 21.8. The van der Waals surface area contributed by atoms with E-state index in [1.807, 2.05) is 12.1 Å². The molecular formula is C50H40Cl2F2N10O12P2. The summed E-state index contributed by atoms with van der Waals surface area (Å²) in [5.41, 5.74) is -0.194. The molecule has 400 valence electrons. The first kappa shape index (κ1) is 57.4. The minimum atomic E-state index is -4.95. The highest BCUT2D eigenvalue weighted by Crippen LogP contribution is 2.38. The Kier molecular flexibility index (Phi) is 17.9. The first-order valence-electron chi connectivity index (χ1n) is 22.4. The predicted octanol–water partition coefficient (Wildman–Crippen LogP) is 8.14. The van der Waals surface area contributed by atoms with E-state index in [0.717, 1.165) is 21.4 Å². The number of phosphoric ester groups is 1. The molecule has 0 aliphatic heterocycles. The van der Waals surface area contributed by atoms with E-state index in [1.165, 1.54) is 115 Å². The molecule has 4 aromatic carbocycles. The van der Waals surface area contributed by atoms with Crippen molar-refractivity contribution in [2.24, 2.45) is 0 Å². The van der Waals surface area contributed by atoms with Crippen LogP contribution in [-0.2, 0) is 44.7 Å². The standard InChI is InChI=1S/C26H22ClFN5O5P.C24H18ClFN5O7P/c1-16-24(38-22-9-17(12-29)8-19(27)10-22)26(35)32(14-30-16)13-21-11-23(18-4-6-20(28)7-5-18)25(34)33(31-21)15-37-39(2,3)36;1-14-22(38-20-7-15(10-27)6-17(25)8-20)24(33)30(12-28-14)11-19-9-21(16-2-4-18(26)5-3-16)23(32)31(29-19)13-37-39(34,35)36/h4-11,14H,13,15H2,1-3H3;2-9,12H,11,13H2,1H3,(H2,34,35,36). The largest absolute Gasteiger partial charge is 0.471 e. The van der Waals surface area contributed by atoms with E-state index >= 15 is 0 Å². The van der Waals surface area contributed by atoms with E-state index in [4.69, 9.17) is 52.2 Å². The van der Waals surface area contributed by atoms with Gasteiger partial charge in [0.05, 0.1) is 82.9 Å². The van der Waals surface area contributed by atoms with Gasteiger partial charge in [-0.3, -0.25) is 37.4 Å². The van der Waals surface area contributed by atoms with Crippen LogP contribution in [0.5, 0.6) is 23.0 Å². The summed E-state index contributed by atoms with van der Waals surface area (Å²) in [5, 5.41) is 27.2. The number of hydrogen-bond donors (Lipinski definition) is 2. The highest BCUT2D eigenvalue weighted by Gasteiger charge is 2.21. The molecule has 0 unspecified atom stereocenters. The van der Waals surface area contributed by atoms with Crippen LogP contribution in [0.1, 0.15) is 33.9 Å². The van der Waals surface area contributed by atoms with Gasteiger partial charge < -0.3 is 23.8 Å². The van der Waals surface area contributed by atoms with Crippen LogP contribution in [0.15, 0.2) is 129 Å². The van der Waals surface area contributed by atoms with Crippen molar-refractivity contribution in [3.8, 4) is 57.4 Å². The fraction of sp³-hybridized carbons (Fsp3) is 0.160. The van der Waals surface area contributed by atoms with Crippen LogP contribution in [0.4, 0.5) is 8.78 Å². The Morgan fingerprint density at radius 3 is 1.33 bits per heavy atom.